The zero-order valence-corrected chi connectivity index (χ0v) is 14.3. The zero-order chi connectivity index (χ0) is 17.6. The van der Waals surface area contributed by atoms with E-state index in [4.69, 9.17) is 14.6 Å². The van der Waals surface area contributed by atoms with Gasteiger partial charge >= 0.3 is 11.9 Å². The van der Waals surface area contributed by atoms with Crippen molar-refractivity contribution in [2.45, 2.75) is 53.4 Å². The van der Waals surface area contributed by atoms with E-state index in [2.05, 4.69) is 5.32 Å². The molecule has 2 N–H and O–H groups in total. The number of hydrogen-bond donors (Lipinski definition) is 2. The molecule has 6 heteroatoms. The molecule has 1 unspecified atom stereocenters. The monoisotopic (exact) mass is 323 g/mol. The number of nitrogens with one attached hydrogen (secondary N) is 1. The highest BCUT2D eigenvalue weighted by molar-refractivity contribution is 5.73. The van der Waals surface area contributed by atoms with Crippen LogP contribution in [0.2, 0.25) is 0 Å². The molecule has 1 atom stereocenters. The van der Waals surface area contributed by atoms with Gasteiger partial charge in [0.05, 0.1) is 11.6 Å². The first kappa shape index (κ1) is 18.8. The van der Waals surface area contributed by atoms with E-state index in [1.807, 2.05) is 19.9 Å². The third-order valence-corrected chi connectivity index (χ3v) is 2.99. The Kier molecular flexibility index (Phi) is 6.88. The summed E-state index contributed by atoms with van der Waals surface area (Å²) in [5, 5.41) is 12.2. The van der Waals surface area contributed by atoms with E-state index >= 15 is 0 Å². The molecule has 0 saturated heterocycles. The molecular formula is C17H25NO5. The van der Waals surface area contributed by atoms with E-state index in [1.54, 1.807) is 26.0 Å². The van der Waals surface area contributed by atoms with Crippen molar-refractivity contribution in [1.82, 2.24) is 0 Å². The summed E-state index contributed by atoms with van der Waals surface area (Å²) in [5.41, 5.74) is 1.44. The van der Waals surface area contributed by atoms with Crippen molar-refractivity contribution in [1.29, 1.82) is 0 Å². The van der Waals surface area contributed by atoms with E-state index in [9.17, 15) is 9.59 Å². The molecule has 0 aliphatic heterocycles. The minimum Gasteiger partial charge on any atom is -0.479 e. The molecule has 0 saturated carbocycles. The van der Waals surface area contributed by atoms with Crippen LogP contribution in [0.3, 0.4) is 0 Å². The van der Waals surface area contributed by atoms with Gasteiger partial charge in [0.25, 0.3) is 0 Å². The minimum absolute atomic E-state index is 0.122. The van der Waals surface area contributed by atoms with Crippen molar-refractivity contribution >= 4 is 17.6 Å². The SMILES string of the molecule is CC(C)Nc1ccc(COC(=O)C(C)C)cc1OC(C)C(=O)O. The van der Waals surface area contributed by atoms with Crippen molar-refractivity contribution in [3.63, 3.8) is 0 Å². The van der Waals surface area contributed by atoms with E-state index in [0.29, 0.717) is 11.4 Å². The van der Waals surface area contributed by atoms with Crippen LogP contribution in [0.1, 0.15) is 40.2 Å². The molecule has 128 valence electrons. The number of ether oxygens (including phenoxy) is 2. The molecular weight excluding hydrogens is 298 g/mol. The second-order valence-electron chi connectivity index (χ2n) is 5.99. The first-order chi connectivity index (χ1) is 10.7. The zero-order valence-electron chi connectivity index (χ0n) is 14.3. The lowest BCUT2D eigenvalue weighted by Gasteiger charge is -2.18. The predicted molar refractivity (Wildman–Crippen MR) is 87.6 cm³/mol. The second-order valence-corrected chi connectivity index (χ2v) is 5.99. The van der Waals surface area contributed by atoms with Crippen LogP contribution in [0.25, 0.3) is 0 Å². The average Bonchev–Trinajstić information content (AvgIpc) is 2.46. The summed E-state index contributed by atoms with van der Waals surface area (Å²) >= 11 is 0. The number of carbonyl (C=O) groups excluding carboxylic acids is 1. The van der Waals surface area contributed by atoms with Gasteiger partial charge in [0.15, 0.2) is 6.10 Å². The quantitative estimate of drug-likeness (QED) is 0.715. The van der Waals surface area contributed by atoms with Crippen LogP contribution >= 0.6 is 0 Å². The average molecular weight is 323 g/mol. The number of benzene rings is 1. The van der Waals surface area contributed by atoms with Crippen LogP contribution in [-0.2, 0) is 20.9 Å². The van der Waals surface area contributed by atoms with Gasteiger partial charge in [-0.1, -0.05) is 19.9 Å². The van der Waals surface area contributed by atoms with Crippen LogP contribution in [0.4, 0.5) is 5.69 Å². The van der Waals surface area contributed by atoms with Gasteiger partial charge in [0, 0.05) is 6.04 Å². The van der Waals surface area contributed by atoms with Gasteiger partial charge in [-0.05, 0) is 38.5 Å². The Labute approximate surface area is 136 Å². The van der Waals surface area contributed by atoms with Crippen molar-refractivity contribution in [2.75, 3.05) is 5.32 Å². The largest absolute Gasteiger partial charge is 0.479 e. The summed E-state index contributed by atoms with van der Waals surface area (Å²) in [6, 6.07) is 5.47. The number of anilines is 1. The standard InChI is InChI=1S/C17H25NO5/c1-10(2)17(21)22-9-13-6-7-14(18-11(3)4)15(8-13)23-12(5)16(19)20/h6-8,10-12,18H,9H2,1-5H3,(H,19,20). The van der Waals surface area contributed by atoms with Gasteiger partial charge < -0.3 is 19.9 Å². The fraction of sp³-hybridized carbons (Fsp3) is 0.529. The van der Waals surface area contributed by atoms with Crippen LogP contribution in [0.5, 0.6) is 5.75 Å². The molecule has 0 spiro atoms. The third-order valence-electron chi connectivity index (χ3n) is 2.99. The van der Waals surface area contributed by atoms with Crippen LogP contribution in [-0.4, -0.2) is 29.2 Å². The molecule has 0 heterocycles. The van der Waals surface area contributed by atoms with Crippen LogP contribution in [0.15, 0.2) is 18.2 Å². The molecule has 0 aliphatic rings. The Bertz CT molecular complexity index is 554. The topological polar surface area (TPSA) is 84.9 Å². The van der Waals surface area contributed by atoms with Crippen LogP contribution < -0.4 is 10.1 Å². The Morgan fingerprint density at radius 1 is 1.17 bits per heavy atom. The summed E-state index contributed by atoms with van der Waals surface area (Å²) in [6.07, 6.45) is -0.976. The van der Waals surface area contributed by atoms with Gasteiger partial charge in [-0.15, -0.1) is 0 Å². The van der Waals surface area contributed by atoms with Crippen molar-refractivity contribution in [3.8, 4) is 5.75 Å². The Morgan fingerprint density at radius 3 is 2.35 bits per heavy atom. The van der Waals surface area contributed by atoms with E-state index in [-0.39, 0.29) is 24.5 Å². The molecule has 0 fully saturated rings. The number of carboxylic acids is 1. The third kappa shape index (κ3) is 6.18. The molecule has 0 bridgehead atoms. The molecule has 0 aliphatic carbocycles. The number of aliphatic carboxylic acids is 1. The normalized spacial score (nSPS) is 12.1. The summed E-state index contributed by atoms with van der Waals surface area (Å²) in [5.74, 6) is -1.10. The fourth-order valence-electron chi connectivity index (χ4n) is 1.75. The number of carbonyl (C=O) groups is 2. The van der Waals surface area contributed by atoms with Gasteiger partial charge in [0.2, 0.25) is 0 Å². The Morgan fingerprint density at radius 2 is 1.83 bits per heavy atom. The van der Waals surface area contributed by atoms with E-state index in [0.717, 1.165) is 5.56 Å². The molecule has 0 radical (unpaired) electrons. The maximum atomic E-state index is 11.5. The van der Waals surface area contributed by atoms with Crippen molar-refractivity contribution in [2.24, 2.45) is 5.92 Å². The summed E-state index contributed by atoms with van der Waals surface area (Å²) < 4.78 is 10.7. The molecule has 1 aromatic rings. The maximum absolute atomic E-state index is 11.5. The van der Waals surface area contributed by atoms with Gasteiger partial charge in [-0.25, -0.2) is 4.79 Å². The number of rotatable bonds is 8. The van der Waals surface area contributed by atoms with Crippen LogP contribution in [0, 0.1) is 5.92 Å². The van der Waals surface area contributed by atoms with Crippen molar-refractivity contribution < 1.29 is 24.2 Å². The molecule has 0 amide bonds. The second kappa shape index (κ2) is 8.41. The lowest BCUT2D eigenvalue weighted by atomic mass is 10.1. The summed E-state index contributed by atoms with van der Waals surface area (Å²) in [7, 11) is 0. The van der Waals surface area contributed by atoms with E-state index in [1.165, 1.54) is 6.92 Å². The first-order valence-electron chi connectivity index (χ1n) is 7.66. The van der Waals surface area contributed by atoms with Crippen molar-refractivity contribution in [3.05, 3.63) is 23.8 Å². The molecule has 1 rings (SSSR count). The number of esters is 1. The highest BCUT2D eigenvalue weighted by Crippen LogP contribution is 2.28. The van der Waals surface area contributed by atoms with E-state index < -0.39 is 12.1 Å². The smallest absolute Gasteiger partial charge is 0.344 e. The number of carboxylic acid groups (broad SMARTS) is 1. The molecule has 0 aromatic heterocycles. The molecule has 6 nitrogen and oxygen atoms in total. The Balaban J connectivity index is 2.94. The highest BCUT2D eigenvalue weighted by atomic mass is 16.5. The van der Waals surface area contributed by atoms with Gasteiger partial charge in [-0.3, -0.25) is 4.79 Å². The Hall–Kier alpha value is -2.24. The number of hydrogen-bond acceptors (Lipinski definition) is 5. The summed E-state index contributed by atoms with van der Waals surface area (Å²) in [6.45, 7) is 9.07. The van der Waals surface area contributed by atoms with Gasteiger partial charge in [0.1, 0.15) is 12.4 Å². The molecule has 1 aromatic carbocycles. The minimum atomic E-state index is -1.04. The highest BCUT2D eigenvalue weighted by Gasteiger charge is 2.16. The van der Waals surface area contributed by atoms with Gasteiger partial charge in [-0.2, -0.15) is 0 Å². The predicted octanol–water partition coefficient (Wildman–Crippen LogP) is 3.06. The first-order valence-corrected chi connectivity index (χ1v) is 7.66. The fourth-order valence-corrected chi connectivity index (χ4v) is 1.75. The summed E-state index contributed by atoms with van der Waals surface area (Å²) in [4.78, 5) is 22.5. The lowest BCUT2D eigenvalue weighted by Crippen LogP contribution is -2.24. The molecule has 23 heavy (non-hydrogen) atoms. The maximum Gasteiger partial charge on any atom is 0.344 e. The lowest BCUT2D eigenvalue weighted by molar-refractivity contribution is -0.148.